The van der Waals surface area contributed by atoms with E-state index in [2.05, 4.69) is 20.5 Å². The molecular formula is C17H13ClFN5. The Morgan fingerprint density at radius 2 is 2.04 bits per heavy atom. The number of nitrogens with zero attached hydrogens (tertiary/aromatic N) is 4. The van der Waals surface area contributed by atoms with E-state index in [0.29, 0.717) is 23.1 Å². The van der Waals surface area contributed by atoms with Crippen molar-refractivity contribution in [3.8, 4) is 0 Å². The second-order valence-corrected chi connectivity index (χ2v) is 5.86. The summed E-state index contributed by atoms with van der Waals surface area (Å²) < 4.78 is 13.9. The number of rotatable bonds is 3. The van der Waals surface area contributed by atoms with Crippen LogP contribution < -0.4 is 5.32 Å². The van der Waals surface area contributed by atoms with Crippen molar-refractivity contribution < 1.29 is 4.39 Å². The summed E-state index contributed by atoms with van der Waals surface area (Å²) in [5, 5.41) is 11.4. The fraction of sp³-hybridized carbons (Fsp3) is 0.118. The zero-order valence-corrected chi connectivity index (χ0v) is 13.3. The summed E-state index contributed by atoms with van der Waals surface area (Å²) in [6.07, 6.45) is 5.83. The van der Waals surface area contributed by atoms with E-state index in [4.69, 9.17) is 11.6 Å². The summed E-state index contributed by atoms with van der Waals surface area (Å²) in [7, 11) is 0. The molecule has 0 spiro atoms. The van der Waals surface area contributed by atoms with Crippen LogP contribution in [-0.4, -0.2) is 27.0 Å². The molecule has 7 heteroatoms. The highest BCUT2D eigenvalue weighted by molar-refractivity contribution is 6.29. The van der Waals surface area contributed by atoms with Gasteiger partial charge in [0.05, 0.1) is 23.5 Å². The van der Waals surface area contributed by atoms with Crippen molar-refractivity contribution in [2.75, 3.05) is 0 Å². The Bertz CT molecular complexity index is 860. The molecule has 5 nitrogen and oxygen atoms in total. The van der Waals surface area contributed by atoms with Crippen molar-refractivity contribution in [1.82, 2.24) is 20.4 Å². The fourth-order valence-electron chi connectivity index (χ4n) is 2.62. The van der Waals surface area contributed by atoms with Crippen molar-refractivity contribution >= 4 is 17.4 Å². The van der Waals surface area contributed by atoms with Crippen molar-refractivity contribution in [1.29, 1.82) is 0 Å². The summed E-state index contributed by atoms with van der Waals surface area (Å²) in [6, 6.07) is 10.0. The normalized spacial score (nSPS) is 18.8. The molecule has 0 fully saturated rings. The van der Waals surface area contributed by atoms with Gasteiger partial charge in [-0.3, -0.25) is 4.99 Å². The van der Waals surface area contributed by atoms with Crippen LogP contribution in [0, 0.1) is 5.82 Å². The van der Waals surface area contributed by atoms with Crippen molar-refractivity contribution in [2.24, 2.45) is 4.99 Å². The first-order chi connectivity index (χ1) is 11.7. The first-order valence-corrected chi connectivity index (χ1v) is 7.80. The SMILES string of the molecule is Fc1ccccc1C1=NC2C=CN(Cc3ccc(Cl)nn3)C=C2N1. The van der Waals surface area contributed by atoms with Gasteiger partial charge in [0.2, 0.25) is 0 Å². The Hall–Kier alpha value is -2.73. The van der Waals surface area contributed by atoms with Crippen LogP contribution >= 0.6 is 11.6 Å². The minimum atomic E-state index is -0.291. The van der Waals surface area contributed by atoms with Crippen molar-refractivity contribution in [2.45, 2.75) is 12.6 Å². The van der Waals surface area contributed by atoms with E-state index in [1.807, 2.05) is 29.4 Å². The summed E-state index contributed by atoms with van der Waals surface area (Å²) in [5.41, 5.74) is 2.17. The molecule has 1 aromatic carbocycles. The predicted molar refractivity (Wildman–Crippen MR) is 89.7 cm³/mol. The Balaban J connectivity index is 1.52. The third-order valence-corrected chi connectivity index (χ3v) is 3.98. The molecule has 120 valence electrons. The number of benzene rings is 1. The quantitative estimate of drug-likeness (QED) is 0.932. The molecule has 2 aliphatic rings. The summed E-state index contributed by atoms with van der Waals surface area (Å²) in [4.78, 5) is 6.50. The molecule has 1 aromatic heterocycles. The Labute approximate surface area is 143 Å². The first-order valence-electron chi connectivity index (χ1n) is 7.43. The lowest BCUT2D eigenvalue weighted by Crippen LogP contribution is -2.25. The monoisotopic (exact) mass is 341 g/mol. The van der Waals surface area contributed by atoms with Gasteiger partial charge in [-0.1, -0.05) is 23.7 Å². The van der Waals surface area contributed by atoms with Gasteiger partial charge in [-0.2, -0.15) is 5.10 Å². The highest BCUT2D eigenvalue weighted by atomic mass is 35.5. The molecule has 0 bridgehead atoms. The number of hydrogen-bond acceptors (Lipinski definition) is 5. The average molecular weight is 342 g/mol. The van der Waals surface area contributed by atoms with Gasteiger partial charge < -0.3 is 10.2 Å². The topological polar surface area (TPSA) is 53.4 Å². The number of aromatic nitrogens is 2. The second kappa shape index (κ2) is 6.05. The van der Waals surface area contributed by atoms with E-state index in [0.717, 1.165) is 11.4 Å². The summed E-state index contributed by atoms with van der Waals surface area (Å²) in [5.74, 6) is 0.252. The smallest absolute Gasteiger partial charge is 0.151 e. The lowest BCUT2D eigenvalue weighted by atomic mass is 10.2. The first kappa shape index (κ1) is 14.8. The standard InChI is InChI=1S/C17H13ClFN5/c18-16-6-5-11(22-23-16)9-24-8-7-14-15(10-24)21-17(20-14)12-3-1-2-4-13(12)19/h1-8,10,14H,9H2,(H,20,21). The van der Waals surface area contributed by atoms with E-state index in [1.165, 1.54) is 6.07 Å². The third kappa shape index (κ3) is 2.88. The highest BCUT2D eigenvalue weighted by Crippen LogP contribution is 2.22. The molecule has 1 N–H and O–H groups in total. The molecule has 0 saturated heterocycles. The van der Waals surface area contributed by atoms with Crippen molar-refractivity contribution in [3.05, 3.63) is 82.8 Å². The van der Waals surface area contributed by atoms with Crippen LogP contribution in [0.3, 0.4) is 0 Å². The van der Waals surface area contributed by atoms with E-state index in [1.54, 1.807) is 24.3 Å². The zero-order valence-electron chi connectivity index (χ0n) is 12.5. The third-order valence-electron chi connectivity index (χ3n) is 3.78. The summed E-state index contributed by atoms with van der Waals surface area (Å²) in [6.45, 7) is 0.563. The predicted octanol–water partition coefficient (Wildman–Crippen LogP) is 2.86. The second-order valence-electron chi connectivity index (χ2n) is 5.47. The molecule has 1 unspecified atom stereocenters. The lowest BCUT2D eigenvalue weighted by Gasteiger charge is -2.21. The number of aliphatic imine (C=N–C) groups is 1. The number of hydrogen-bond donors (Lipinski definition) is 1. The minimum Gasteiger partial charge on any atom is -0.347 e. The van der Waals surface area contributed by atoms with Crippen LogP contribution in [0.2, 0.25) is 5.15 Å². The van der Waals surface area contributed by atoms with Crippen LogP contribution in [0.25, 0.3) is 0 Å². The molecule has 3 heterocycles. The van der Waals surface area contributed by atoms with Crippen LogP contribution in [0.15, 0.2) is 65.6 Å². The van der Waals surface area contributed by atoms with Crippen LogP contribution in [0.1, 0.15) is 11.3 Å². The number of fused-ring (bicyclic) bond motifs is 1. The lowest BCUT2D eigenvalue weighted by molar-refractivity contribution is 0.470. The molecular weight excluding hydrogens is 329 g/mol. The molecule has 4 rings (SSSR count). The van der Waals surface area contributed by atoms with E-state index >= 15 is 0 Å². The van der Waals surface area contributed by atoms with Gasteiger partial charge >= 0.3 is 0 Å². The Morgan fingerprint density at radius 1 is 1.17 bits per heavy atom. The van der Waals surface area contributed by atoms with E-state index < -0.39 is 0 Å². The molecule has 0 saturated carbocycles. The van der Waals surface area contributed by atoms with Gasteiger partial charge in [0.15, 0.2) is 5.15 Å². The molecule has 2 aromatic rings. The number of halogens is 2. The maximum Gasteiger partial charge on any atom is 0.151 e. The largest absolute Gasteiger partial charge is 0.347 e. The van der Waals surface area contributed by atoms with Gasteiger partial charge in [0.25, 0.3) is 0 Å². The van der Waals surface area contributed by atoms with Gasteiger partial charge in [0, 0.05) is 12.4 Å². The molecule has 24 heavy (non-hydrogen) atoms. The van der Waals surface area contributed by atoms with Crippen LogP contribution in [0.4, 0.5) is 4.39 Å². The maximum absolute atomic E-state index is 13.9. The van der Waals surface area contributed by atoms with E-state index in [9.17, 15) is 4.39 Å². The van der Waals surface area contributed by atoms with Crippen LogP contribution in [-0.2, 0) is 6.54 Å². The summed E-state index contributed by atoms with van der Waals surface area (Å²) >= 11 is 5.75. The minimum absolute atomic E-state index is 0.118. The van der Waals surface area contributed by atoms with Crippen LogP contribution in [0.5, 0.6) is 0 Å². The van der Waals surface area contributed by atoms with Gasteiger partial charge in [-0.15, -0.1) is 5.10 Å². The molecule has 1 atom stereocenters. The van der Waals surface area contributed by atoms with Gasteiger partial charge in [-0.05, 0) is 30.3 Å². The molecule has 2 aliphatic heterocycles. The van der Waals surface area contributed by atoms with Gasteiger partial charge in [0.1, 0.15) is 17.7 Å². The Kier molecular flexibility index (Phi) is 3.74. The zero-order chi connectivity index (χ0) is 16.5. The number of nitrogens with one attached hydrogen (secondary N) is 1. The fourth-order valence-corrected chi connectivity index (χ4v) is 2.72. The van der Waals surface area contributed by atoms with Gasteiger partial charge in [-0.25, -0.2) is 4.39 Å². The molecule has 0 radical (unpaired) electrons. The molecule has 0 amide bonds. The average Bonchev–Trinajstić information content (AvgIpc) is 3.00. The highest BCUT2D eigenvalue weighted by Gasteiger charge is 2.26. The number of amidine groups is 1. The van der Waals surface area contributed by atoms with E-state index in [-0.39, 0.29) is 11.9 Å². The van der Waals surface area contributed by atoms with Crippen molar-refractivity contribution in [3.63, 3.8) is 0 Å². The Morgan fingerprint density at radius 3 is 2.83 bits per heavy atom. The maximum atomic E-state index is 13.9. The molecule has 0 aliphatic carbocycles.